The maximum atomic E-state index is 12.6. The fourth-order valence-electron chi connectivity index (χ4n) is 1.97. The molecule has 0 amide bonds. The van der Waals surface area contributed by atoms with E-state index in [0.29, 0.717) is 19.0 Å². The zero-order valence-electron chi connectivity index (χ0n) is 14.0. The van der Waals surface area contributed by atoms with Gasteiger partial charge in [-0.1, -0.05) is 12.1 Å². The highest BCUT2D eigenvalue weighted by Gasteiger charge is 2.29. The number of methoxy groups -OCH3 is 1. The van der Waals surface area contributed by atoms with Crippen molar-refractivity contribution in [1.82, 2.24) is 10.2 Å². The summed E-state index contributed by atoms with van der Waals surface area (Å²) in [5.41, 5.74) is 0.0524. The predicted octanol–water partition coefficient (Wildman–Crippen LogP) is 2.67. The number of nitrogens with zero attached hydrogens (tertiary/aromatic N) is 2. The Morgan fingerprint density at radius 1 is 1.29 bits per heavy atom. The second-order valence-corrected chi connectivity index (χ2v) is 5.11. The Morgan fingerprint density at radius 2 is 1.92 bits per heavy atom. The molecule has 0 fully saturated rings. The van der Waals surface area contributed by atoms with E-state index in [1.807, 2.05) is 6.92 Å². The van der Waals surface area contributed by atoms with Crippen LogP contribution in [0.3, 0.4) is 0 Å². The first-order valence-electron chi connectivity index (χ1n) is 7.50. The lowest BCUT2D eigenvalue weighted by Gasteiger charge is -2.22. The van der Waals surface area contributed by atoms with Gasteiger partial charge >= 0.3 is 12.1 Å². The standard InChI is InChI=1S/C16H22F3N3O2/c1-4-20-15(21-10-9-14(23)24-3)22(2)11-12-5-7-13(8-6-12)16(17,18)19/h5-8H,4,9-11H2,1-3H3,(H,20,21). The van der Waals surface area contributed by atoms with Crippen molar-refractivity contribution < 1.29 is 22.7 Å². The Labute approximate surface area is 139 Å². The molecule has 0 saturated carbocycles. The summed E-state index contributed by atoms with van der Waals surface area (Å²) in [6, 6.07) is 5.00. The van der Waals surface area contributed by atoms with Crippen molar-refractivity contribution in [2.24, 2.45) is 4.99 Å². The molecular weight excluding hydrogens is 323 g/mol. The van der Waals surface area contributed by atoms with E-state index in [9.17, 15) is 18.0 Å². The smallest absolute Gasteiger partial charge is 0.416 e. The number of aliphatic imine (C=N–C) groups is 1. The summed E-state index contributed by atoms with van der Waals surface area (Å²) < 4.78 is 42.3. The molecule has 0 atom stereocenters. The SMILES string of the molecule is CCNC(=NCCC(=O)OC)N(C)Cc1ccc(C(F)(F)F)cc1. The molecule has 0 aliphatic heterocycles. The number of esters is 1. The van der Waals surface area contributed by atoms with E-state index in [1.54, 1.807) is 11.9 Å². The summed E-state index contributed by atoms with van der Waals surface area (Å²) in [5.74, 6) is 0.223. The maximum Gasteiger partial charge on any atom is 0.416 e. The van der Waals surface area contributed by atoms with Crippen molar-refractivity contribution in [1.29, 1.82) is 0 Å². The molecule has 1 rings (SSSR count). The van der Waals surface area contributed by atoms with Gasteiger partial charge in [0, 0.05) is 20.1 Å². The van der Waals surface area contributed by atoms with Gasteiger partial charge in [-0.15, -0.1) is 0 Å². The second-order valence-electron chi connectivity index (χ2n) is 5.11. The summed E-state index contributed by atoms with van der Waals surface area (Å²) in [6.07, 6.45) is -4.17. The molecule has 0 aliphatic carbocycles. The minimum absolute atomic E-state index is 0.166. The zero-order valence-corrected chi connectivity index (χ0v) is 14.0. The Hall–Kier alpha value is -2.25. The van der Waals surface area contributed by atoms with E-state index in [2.05, 4.69) is 15.0 Å². The Morgan fingerprint density at radius 3 is 2.42 bits per heavy atom. The first-order chi connectivity index (χ1) is 11.3. The molecule has 24 heavy (non-hydrogen) atoms. The first-order valence-corrected chi connectivity index (χ1v) is 7.50. The van der Waals surface area contributed by atoms with Gasteiger partial charge in [0.05, 0.1) is 25.6 Å². The van der Waals surface area contributed by atoms with E-state index in [1.165, 1.54) is 19.2 Å². The molecule has 0 radical (unpaired) electrons. The van der Waals surface area contributed by atoms with E-state index < -0.39 is 11.7 Å². The largest absolute Gasteiger partial charge is 0.469 e. The number of ether oxygens (including phenoxy) is 1. The molecule has 0 aliphatic rings. The highest BCUT2D eigenvalue weighted by Crippen LogP contribution is 2.29. The van der Waals surface area contributed by atoms with Crippen LogP contribution in [0.1, 0.15) is 24.5 Å². The molecular formula is C16H22F3N3O2. The van der Waals surface area contributed by atoms with Crippen molar-refractivity contribution in [2.75, 3.05) is 27.2 Å². The minimum atomic E-state index is -4.34. The van der Waals surface area contributed by atoms with Crippen molar-refractivity contribution >= 4 is 11.9 Å². The van der Waals surface area contributed by atoms with Crippen LogP contribution in [0.15, 0.2) is 29.3 Å². The summed E-state index contributed by atoms with van der Waals surface area (Å²) in [5, 5.41) is 3.07. The summed E-state index contributed by atoms with van der Waals surface area (Å²) in [4.78, 5) is 17.2. The summed E-state index contributed by atoms with van der Waals surface area (Å²) in [7, 11) is 3.09. The number of carbonyl (C=O) groups excluding carboxylic acids is 1. The van der Waals surface area contributed by atoms with Crippen LogP contribution in [0.25, 0.3) is 0 Å². The van der Waals surface area contributed by atoms with Crippen LogP contribution in [-0.4, -0.2) is 44.1 Å². The second kappa shape index (κ2) is 9.14. The first kappa shape index (κ1) is 19.8. The highest BCUT2D eigenvalue weighted by molar-refractivity contribution is 5.80. The number of hydrogen-bond acceptors (Lipinski definition) is 3. The number of nitrogens with one attached hydrogen (secondary N) is 1. The van der Waals surface area contributed by atoms with Crippen LogP contribution >= 0.6 is 0 Å². The minimum Gasteiger partial charge on any atom is -0.469 e. The number of rotatable bonds is 6. The zero-order chi connectivity index (χ0) is 18.2. The van der Waals surface area contributed by atoms with Crippen molar-refractivity contribution in [3.05, 3.63) is 35.4 Å². The molecule has 134 valence electrons. The lowest BCUT2D eigenvalue weighted by atomic mass is 10.1. The molecule has 0 aromatic heterocycles. The van der Waals surface area contributed by atoms with Crippen LogP contribution in [0.5, 0.6) is 0 Å². The third kappa shape index (κ3) is 6.47. The average Bonchev–Trinajstić information content (AvgIpc) is 2.53. The number of halogens is 3. The van der Waals surface area contributed by atoms with Gasteiger partial charge in [0.15, 0.2) is 5.96 Å². The monoisotopic (exact) mass is 345 g/mol. The summed E-state index contributed by atoms with van der Waals surface area (Å²) >= 11 is 0. The molecule has 8 heteroatoms. The van der Waals surface area contributed by atoms with E-state index in [0.717, 1.165) is 17.7 Å². The Bertz CT molecular complexity index is 557. The molecule has 0 spiro atoms. The molecule has 0 heterocycles. The van der Waals surface area contributed by atoms with Gasteiger partial charge in [-0.3, -0.25) is 9.79 Å². The van der Waals surface area contributed by atoms with Crippen molar-refractivity contribution in [3.8, 4) is 0 Å². The fraction of sp³-hybridized carbons (Fsp3) is 0.500. The average molecular weight is 345 g/mol. The number of hydrogen-bond donors (Lipinski definition) is 1. The quantitative estimate of drug-likeness (QED) is 0.489. The highest BCUT2D eigenvalue weighted by atomic mass is 19.4. The number of benzene rings is 1. The van der Waals surface area contributed by atoms with Gasteiger partial charge < -0.3 is 15.0 Å². The lowest BCUT2D eigenvalue weighted by molar-refractivity contribution is -0.140. The van der Waals surface area contributed by atoms with Gasteiger partial charge in [-0.25, -0.2) is 0 Å². The van der Waals surface area contributed by atoms with E-state index in [4.69, 9.17) is 0 Å². The van der Waals surface area contributed by atoms with E-state index >= 15 is 0 Å². The molecule has 0 saturated heterocycles. The molecule has 1 aromatic carbocycles. The van der Waals surface area contributed by atoms with Crippen LogP contribution in [0.2, 0.25) is 0 Å². The van der Waals surface area contributed by atoms with Crippen molar-refractivity contribution in [2.45, 2.75) is 26.1 Å². The van der Waals surface area contributed by atoms with Gasteiger partial charge in [0.1, 0.15) is 0 Å². The number of guanidine groups is 1. The van der Waals surface area contributed by atoms with Crippen LogP contribution < -0.4 is 5.32 Å². The van der Waals surface area contributed by atoms with E-state index in [-0.39, 0.29) is 18.9 Å². The van der Waals surface area contributed by atoms with Crippen LogP contribution in [-0.2, 0) is 22.3 Å². The van der Waals surface area contributed by atoms with Gasteiger partial charge in [-0.2, -0.15) is 13.2 Å². The Balaban J connectivity index is 2.72. The normalized spacial score (nSPS) is 12.0. The topological polar surface area (TPSA) is 53.9 Å². The van der Waals surface area contributed by atoms with Gasteiger partial charge in [0.2, 0.25) is 0 Å². The molecule has 1 aromatic rings. The molecule has 0 unspecified atom stereocenters. The van der Waals surface area contributed by atoms with Gasteiger partial charge in [-0.05, 0) is 24.6 Å². The number of alkyl halides is 3. The molecule has 0 bridgehead atoms. The maximum absolute atomic E-state index is 12.6. The lowest BCUT2D eigenvalue weighted by Crippen LogP contribution is -2.38. The number of carbonyl (C=O) groups is 1. The summed E-state index contributed by atoms with van der Waals surface area (Å²) in [6.45, 7) is 3.20. The third-order valence-corrected chi connectivity index (χ3v) is 3.20. The van der Waals surface area contributed by atoms with Crippen LogP contribution in [0.4, 0.5) is 13.2 Å². The third-order valence-electron chi connectivity index (χ3n) is 3.20. The van der Waals surface area contributed by atoms with Crippen LogP contribution in [0, 0.1) is 0 Å². The molecule has 5 nitrogen and oxygen atoms in total. The van der Waals surface area contributed by atoms with Gasteiger partial charge in [0.25, 0.3) is 0 Å². The Kier molecular flexibility index (Phi) is 7.54. The van der Waals surface area contributed by atoms with Crippen molar-refractivity contribution in [3.63, 3.8) is 0 Å². The predicted molar refractivity (Wildman–Crippen MR) is 85.5 cm³/mol. The fourth-order valence-corrected chi connectivity index (χ4v) is 1.97. The molecule has 1 N–H and O–H groups in total.